The zero-order chi connectivity index (χ0) is 27.9. The molecular formula is C26H23F4N5O4. The Morgan fingerprint density at radius 3 is 2.38 bits per heavy atom. The molecule has 1 aromatic carbocycles. The van der Waals surface area contributed by atoms with E-state index >= 15 is 0 Å². The quantitative estimate of drug-likeness (QED) is 0.423. The number of fused-ring (bicyclic) bond motifs is 2. The van der Waals surface area contributed by atoms with Gasteiger partial charge in [0.2, 0.25) is 5.75 Å². The molecule has 1 aliphatic carbocycles. The predicted octanol–water partition coefficient (Wildman–Crippen LogP) is 3.26. The third kappa shape index (κ3) is 5.08. The molecule has 2 aliphatic heterocycles. The molecule has 3 aliphatic rings. The minimum absolute atomic E-state index is 0.0243. The lowest BCUT2D eigenvalue weighted by molar-refractivity contribution is -0.141. The summed E-state index contributed by atoms with van der Waals surface area (Å²) in [7, 11) is 0. The highest BCUT2D eigenvalue weighted by atomic mass is 19.4. The molecule has 2 aromatic heterocycles. The first-order valence-corrected chi connectivity index (χ1v) is 12.2. The molecular weight excluding hydrogens is 522 g/mol. The Morgan fingerprint density at radius 2 is 1.77 bits per heavy atom. The van der Waals surface area contributed by atoms with Crippen molar-refractivity contribution in [3.05, 3.63) is 87.1 Å². The van der Waals surface area contributed by atoms with Gasteiger partial charge < -0.3 is 15.7 Å². The van der Waals surface area contributed by atoms with Crippen LogP contribution in [0.2, 0.25) is 0 Å². The maximum absolute atomic E-state index is 13.2. The van der Waals surface area contributed by atoms with Crippen molar-refractivity contribution < 1.29 is 32.3 Å². The molecule has 204 valence electrons. The maximum Gasteiger partial charge on any atom is 0.433 e. The number of amides is 2. The number of benzene rings is 1. The average molecular weight is 545 g/mol. The minimum atomic E-state index is -4.66. The molecule has 0 unspecified atom stereocenters. The van der Waals surface area contributed by atoms with Crippen molar-refractivity contribution in [2.45, 2.75) is 50.5 Å². The number of alkyl halides is 3. The van der Waals surface area contributed by atoms with Crippen LogP contribution < -0.4 is 16.2 Å². The van der Waals surface area contributed by atoms with Gasteiger partial charge in [-0.3, -0.25) is 23.9 Å². The van der Waals surface area contributed by atoms with Gasteiger partial charge in [0.05, 0.1) is 11.1 Å². The SMILES string of the molecule is O=C(NC12CCC(CC1)Cn1c2nc(C(=O)NCc2ccc(F)cc2)c(O)c1=O)c1ccc(C(F)(F)F)nc1. The normalized spacial score (nSPS) is 20.2. The highest BCUT2D eigenvalue weighted by Gasteiger charge is 2.46. The lowest BCUT2D eigenvalue weighted by Crippen LogP contribution is -2.50. The third-order valence-corrected chi connectivity index (χ3v) is 7.22. The minimum Gasteiger partial charge on any atom is -0.501 e. The first kappa shape index (κ1) is 26.3. The van der Waals surface area contributed by atoms with E-state index in [1.807, 2.05) is 0 Å². The van der Waals surface area contributed by atoms with E-state index in [1.165, 1.54) is 28.8 Å². The third-order valence-electron chi connectivity index (χ3n) is 7.22. The summed E-state index contributed by atoms with van der Waals surface area (Å²) >= 11 is 0. The van der Waals surface area contributed by atoms with Crippen LogP contribution in [0.4, 0.5) is 17.6 Å². The van der Waals surface area contributed by atoms with E-state index in [-0.39, 0.29) is 30.4 Å². The molecule has 2 bridgehead atoms. The van der Waals surface area contributed by atoms with Gasteiger partial charge in [-0.05, 0) is 61.4 Å². The number of nitrogens with one attached hydrogen (secondary N) is 2. The van der Waals surface area contributed by atoms with Crippen LogP contribution in [0.3, 0.4) is 0 Å². The second-order valence-electron chi connectivity index (χ2n) is 9.77. The fourth-order valence-electron chi connectivity index (χ4n) is 5.11. The molecule has 3 N–H and O–H groups in total. The Kier molecular flexibility index (Phi) is 6.60. The molecule has 3 aromatic rings. The number of aromatic nitrogens is 3. The number of halogens is 4. The van der Waals surface area contributed by atoms with Crippen LogP contribution in [-0.2, 0) is 24.8 Å². The molecule has 39 heavy (non-hydrogen) atoms. The fourth-order valence-corrected chi connectivity index (χ4v) is 5.11. The second-order valence-corrected chi connectivity index (χ2v) is 9.77. The van der Waals surface area contributed by atoms with Gasteiger partial charge in [-0.1, -0.05) is 12.1 Å². The smallest absolute Gasteiger partial charge is 0.433 e. The van der Waals surface area contributed by atoms with Crippen LogP contribution in [0.1, 0.15) is 63.6 Å². The fraction of sp³-hybridized carbons (Fsp3) is 0.346. The number of aromatic hydroxyl groups is 1. The monoisotopic (exact) mass is 545 g/mol. The zero-order valence-corrected chi connectivity index (χ0v) is 20.4. The summed E-state index contributed by atoms with van der Waals surface area (Å²) < 4.78 is 53.1. The number of hydrogen-bond acceptors (Lipinski definition) is 6. The lowest BCUT2D eigenvalue weighted by atomic mass is 9.77. The number of hydrogen-bond donors (Lipinski definition) is 3. The van der Waals surface area contributed by atoms with Gasteiger partial charge in [-0.15, -0.1) is 0 Å². The molecule has 0 radical (unpaired) electrons. The summed E-state index contributed by atoms with van der Waals surface area (Å²) in [4.78, 5) is 47.0. The zero-order valence-electron chi connectivity index (χ0n) is 20.4. The Balaban J connectivity index is 1.47. The van der Waals surface area contributed by atoms with Crippen molar-refractivity contribution in [2.75, 3.05) is 0 Å². The van der Waals surface area contributed by atoms with E-state index in [0.29, 0.717) is 37.3 Å². The summed E-state index contributed by atoms with van der Waals surface area (Å²) in [5, 5.41) is 16.0. The standard InChI is InChI=1S/C26H23F4N5O4/c27-17-4-1-14(2-5-17)11-32-22(38)19-20(36)23(39)35-13-15-7-9-25(10-8-15,24(35)33-19)34-21(37)16-3-6-18(31-12-16)26(28,29)30/h1-6,12,15,36H,7-11,13H2,(H,32,38)(H,34,37). The molecule has 2 amide bonds. The van der Waals surface area contributed by atoms with Crippen LogP contribution >= 0.6 is 0 Å². The Hall–Kier alpha value is -4.29. The van der Waals surface area contributed by atoms with Crippen molar-refractivity contribution in [1.82, 2.24) is 25.2 Å². The summed E-state index contributed by atoms with van der Waals surface area (Å²) in [5.74, 6) is -2.69. The lowest BCUT2D eigenvalue weighted by Gasteiger charge is -2.37. The van der Waals surface area contributed by atoms with Gasteiger partial charge in [0.1, 0.15) is 17.3 Å². The molecule has 1 fully saturated rings. The molecule has 4 heterocycles. The number of pyridine rings is 1. The summed E-state index contributed by atoms with van der Waals surface area (Å²) in [5.41, 5.74) is -3.25. The van der Waals surface area contributed by atoms with Gasteiger partial charge in [-0.25, -0.2) is 9.37 Å². The van der Waals surface area contributed by atoms with Gasteiger partial charge in [-0.2, -0.15) is 13.2 Å². The Labute approximate surface area is 218 Å². The van der Waals surface area contributed by atoms with Gasteiger partial charge in [0.25, 0.3) is 17.4 Å². The molecule has 6 rings (SSSR count). The van der Waals surface area contributed by atoms with Crippen molar-refractivity contribution in [3.63, 3.8) is 0 Å². The van der Waals surface area contributed by atoms with Crippen LogP contribution in [-0.4, -0.2) is 31.5 Å². The number of nitrogens with zero attached hydrogens (tertiary/aromatic N) is 3. The van der Waals surface area contributed by atoms with Crippen LogP contribution in [0, 0.1) is 11.7 Å². The van der Waals surface area contributed by atoms with E-state index in [1.54, 1.807) is 0 Å². The van der Waals surface area contributed by atoms with Crippen molar-refractivity contribution in [1.29, 1.82) is 0 Å². The Morgan fingerprint density at radius 1 is 1.08 bits per heavy atom. The summed E-state index contributed by atoms with van der Waals surface area (Å²) in [6.45, 7) is 0.204. The van der Waals surface area contributed by atoms with Crippen LogP contribution in [0.25, 0.3) is 0 Å². The van der Waals surface area contributed by atoms with Gasteiger partial charge in [0, 0.05) is 19.3 Å². The van der Waals surface area contributed by atoms with E-state index in [9.17, 15) is 37.1 Å². The van der Waals surface area contributed by atoms with E-state index < -0.39 is 52.0 Å². The predicted molar refractivity (Wildman–Crippen MR) is 128 cm³/mol. The first-order valence-electron chi connectivity index (χ1n) is 12.2. The summed E-state index contributed by atoms with van der Waals surface area (Å²) in [6, 6.07) is 7.09. The topological polar surface area (TPSA) is 126 Å². The largest absolute Gasteiger partial charge is 0.501 e. The maximum atomic E-state index is 13.2. The van der Waals surface area contributed by atoms with E-state index in [4.69, 9.17) is 0 Å². The van der Waals surface area contributed by atoms with E-state index in [0.717, 1.165) is 12.3 Å². The van der Waals surface area contributed by atoms with Crippen molar-refractivity contribution in [2.24, 2.45) is 5.92 Å². The van der Waals surface area contributed by atoms with E-state index in [2.05, 4.69) is 20.6 Å². The molecule has 9 nitrogen and oxygen atoms in total. The summed E-state index contributed by atoms with van der Waals surface area (Å²) in [6.07, 6.45) is -1.88. The van der Waals surface area contributed by atoms with Crippen molar-refractivity contribution in [3.8, 4) is 5.75 Å². The highest BCUT2D eigenvalue weighted by Crippen LogP contribution is 2.43. The van der Waals surface area contributed by atoms with Gasteiger partial charge in [0.15, 0.2) is 5.69 Å². The number of rotatable bonds is 5. The molecule has 1 saturated carbocycles. The molecule has 0 saturated heterocycles. The second kappa shape index (κ2) is 9.79. The molecule has 0 atom stereocenters. The number of carbonyl (C=O) groups is 2. The highest BCUT2D eigenvalue weighted by molar-refractivity contribution is 5.95. The van der Waals surface area contributed by atoms with Gasteiger partial charge >= 0.3 is 6.18 Å². The van der Waals surface area contributed by atoms with Crippen LogP contribution in [0.5, 0.6) is 5.75 Å². The van der Waals surface area contributed by atoms with Crippen molar-refractivity contribution >= 4 is 11.8 Å². The number of carbonyl (C=O) groups excluding carboxylic acids is 2. The Bertz CT molecular complexity index is 1480. The van der Waals surface area contributed by atoms with Crippen LogP contribution in [0.15, 0.2) is 47.4 Å². The molecule has 13 heteroatoms. The average Bonchev–Trinajstić information content (AvgIpc) is 3.16. The molecule has 0 spiro atoms. The first-order chi connectivity index (χ1) is 18.5.